The lowest BCUT2D eigenvalue weighted by atomic mass is 10.2. The molecule has 1 aromatic heterocycles. The largest absolute Gasteiger partial charge is 0.415 e. The molecule has 2 aromatic carbocycles. The Morgan fingerprint density at radius 1 is 0.885 bits per heavy atom. The summed E-state index contributed by atoms with van der Waals surface area (Å²) in [5.74, 6) is 0.515. The summed E-state index contributed by atoms with van der Waals surface area (Å²) >= 11 is 0. The minimum atomic E-state index is -0.383. The molecule has 132 valence electrons. The Kier molecular flexibility index (Phi) is 4.31. The molecule has 2 heterocycles. The number of carbonyl (C=O) groups excluding carboxylic acids is 2. The van der Waals surface area contributed by atoms with Crippen molar-refractivity contribution in [1.82, 2.24) is 14.8 Å². The van der Waals surface area contributed by atoms with Crippen LogP contribution in [0.25, 0.3) is 10.9 Å². The molecular weight excluding hydrogens is 330 g/mol. The van der Waals surface area contributed by atoms with Crippen LogP contribution in [0.15, 0.2) is 60.8 Å². The second-order valence-electron chi connectivity index (χ2n) is 6.24. The van der Waals surface area contributed by atoms with E-state index in [9.17, 15) is 9.59 Å². The molecule has 0 saturated carbocycles. The van der Waals surface area contributed by atoms with Crippen LogP contribution in [0.1, 0.15) is 10.4 Å². The molecule has 0 bridgehead atoms. The van der Waals surface area contributed by atoms with E-state index in [1.54, 1.807) is 28.0 Å². The van der Waals surface area contributed by atoms with Gasteiger partial charge in [0.25, 0.3) is 5.91 Å². The molecule has 6 heteroatoms. The van der Waals surface area contributed by atoms with E-state index >= 15 is 0 Å². The number of amides is 2. The van der Waals surface area contributed by atoms with Crippen LogP contribution in [0, 0.1) is 0 Å². The van der Waals surface area contributed by atoms with Crippen LogP contribution in [-0.4, -0.2) is 53.0 Å². The first kappa shape index (κ1) is 16.2. The maximum absolute atomic E-state index is 12.5. The number of hydrogen-bond acceptors (Lipinski definition) is 3. The Morgan fingerprint density at radius 2 is 1.62 bits per heavy atom. The Balaban J connectivity index is 1.35. The smallest absolute Gasteiger partial charge is 0.410 e. The van der Waals surface area contributed by atoms with Crippen LogP contribution in [-0.2, 0) is 0 Å². The zero-order valence-corrected chi connectivity index (χ0v) is 14.2. The number of ether oxygens (including phenoxy) is 1. The van der Waals surface area contributed by atoms with Gasteiger partial charge in [0.2, 0.25) is 0 Å². The average Bonchev–Trinajstić information content (AvgIpc) is 3.16. The third-order valence-corrected chi connectivity index (χ3v) is 4.58. The highest BCUT2D eigenvalue weighted by molar-refractivity contribution is 5.94. The van der Waals surface area contributed by atoms with E-state index in [-0.39, 0.29) is 12.0 Å². The zero-order chi connectivity index (χ0) is 17.9. The van der Waals surface area contributed by atoms with E-state index in [4.69, 9.17) is 4.74 Å². The quantitative estimate of drug-likeness (QED) is 0.773. The number of H-pyrrole nitrogens is 1. The number of hydrogen-bond donors (Lipinski definition) is 1. The maximum atomic E-state index is 12.5. The van der Waals surface area contributed by atoms with Crippen LogP contribution in [0.2, 0.25) is 0 Å². The normalized spacial score (nSPS) is 14.5. The summed E-state index contributed by atoms with van der Waals surface area (Å²) in [6.45, 7) is 1.92. The van der Waals surface area contributed by atoms with Crippen molar-refractivity contribution in [3.63, 3.8) is 0 Å². The van der Waals surface area contributed by atoms with Crippen molar-refractivity contribution in [2.45, 2.75) is 0 Å². The number of nitrogens with zero attached hydrogens (tertiary/aromatic N) is 2. The molecule has 6 nitrogen and oxygen atoms in total. The van der Waals surface area contributed by atoms with Crippen molar-refractivity contribution in [2.24, 2.45) is 0 Å². The van der Waals surface area contributed by atoms with Gasteiger partial charge in [-0.05, 0) is 36.4 Å². The highest BCUT2D eigenvalue weighted by Gasteiger charge is 2.25. The molecule has 0 unspecified atom stereocenters. The number of aromatic amines is 1. The molecule has 2 amide bonds. The number of aromatic nitrogens is 1. The summed E-state index contributed by atoms with van der Waals surface area (Å²) in [5, 5.41) is 0.994. The fourth-order valence-electron chi connectivity index (χ4n) is 3.12. The molecular formula is C20H19N3O3. The van der Waals surface area contributed by atoms with Crippen molar-refractivity contribution in [2.75, 3.05) is 26.2 Å². The predicted octanol–water partition coefficient (Wildman–Crippen LogP) is 3.12. The highest BCUT2D eigenvalue weighted by atomic mass is 16.6. The van der Waals surface area contributed by atoms with E-state index in [2.05, 4.69) is 4.98 Å². The third-order valence-electron chi connectivity index (χ3n) is 4.58. The highest BCUT2D eigenvalue weighted by Crippen LogP contribution is 2.20. The lowest BCUT2D eigenvalue weighted by molar-refractivity contribution is 0.0633. The molecule has 0 aliphatic carbocycles. The van der Waals surface area contributed by atoms with Crippen LogP contribution in [0.5, 0.6) is 5.75 Å². The summed E-state index contributed by atoms with van der Waals surface area (Å²) in [6.07, 6.45) is 1.46. The molecule has 3 aromatic rings. The Labute approximate surface area is 151 Å². The summed E-state index contributed by atoms with van der Waals surface area (Å²) < 4.78 is 5.48. The van der Waals surface area contributed by atoms with Crippen molar-refractivity contribution in [3.05, 3.63) is 66.4 Å². The Bertz CT molecular complexity index is 928. The predicted molar refractivity (Wildman–Crippen MR) is 98.2 cm³/mol. The zero-order valence-electron chi connectivity index (χ0n) is 14.2. The molecule has 0 radical (unpaired) electrons. The molecule has 1 aliphatic rings. The summed E-state index contributed by atoms with van der Waals surface area (Å²) in [7, 11) is 0. The summed E-state index contributed by atoms with van der Waals surface area (Å²) in [4.78, 5) is 31.3. The Morgan fingerprint density at radius 3 is 2.38 bits per heavy atom. The summed E-state index contributed by atoms with van der Waals surface area (Å²) in [6, 6.07) is 16.6. The number of carbonyl (C=O) groups is 2. The van der Waals surface area contributed by atoms with Gasteiger partial charge in [-0.3, -0.25) is 4.79 Å². The minimum Gasteiger partial charge on any atom is -0.410 e. The topological polar surface area (TPSA) is 65.6 Å². The molecule has 1 aliphatic heterocycles. The van der Waals surface area contributed by atoms with E-state index in [1.165, 1.54) is 0 Å². The second-order valence-corrected chi connectivity index (χ2v) is 6.24. The van der Waals surface area contributed by atoms with Crippen molar-refractivity contribution >= 4 is 22.9 Å². The first-order valence-corrected chi connectivity index (χ1v) is 8.59. The van der Waals surface area contributed by atoms with Gasteiger partial charge in [-0.15, -0.1) is 0 Å². The van der Waals surface area contributed by atoms with Gasteiger partial charge in [0.1, 0.15) is 5.75 Å². The summed E-state index contributed by atoms with van der Waals surface area (Å²) in [5.41, 5.74) is 1.67. The fourth-order valence-corrected chi connectivity index (χ4v) is 3.12. The number of piperazine rings is 1. The second kappa shape index (κ2) is 6.92. The SMILES string of the molecule is O=C(Oc1ccc2[nH]ccc2c1)N1CCN(C(=O)c2ccccc2)CC1. The van der Waals surface area contributed by atoms with Gasteiger partial charge in [-0.25, -0.2) is 4.79 Å². The third kappa shape index (κ3) is 3.26. The molecule has 4 rings (SSSR count). The van der Waals surface area contributed by atoms with E-state index in [0.29, 0.717) is 37.5 Å². The monoisotopic (exact) mass is 349 g/mol. The molecule has 26 heavy (non-hydrogen) atoms. The Hall–Kier alpha value is -3.28. The van der Waals surface area contributed by atoms with Crippen LogP contribution < -0.4 is 4.74 Å². The van der Waals surface area contributed by atoms with Crippen molar-refractivity contribution in [3.8, 4) is 5.75 Å². The van der Waals surface area contributed by atoms with Gasteiger partial charge in [-0.1, -0.05) is 18.2 Å². The minimum absolute atomic E-state index is 0.00322. The average molecular weight is 349 g/mol. The lowest BCUT2D eigenvalue weighted by Crippen LogP contribution is -2.51. The van der Waals surface area contributed by atoms with Crippen molar-refractivity contribution in [1.29, 1.82) is 0 Å². The van der Waals surface area contributed by atoms with Gasteiger partial charge < -0.3 is 19.5 Å². The number of nitrogens with one attached hydrogen (secondary N) is 1. The molecule has 1 fully saturated rings. The van der Waals surface area contributed by atoms with Gasteiger partial charge >= 0.3 is 6.09 Å². The van der Waals surface area contributed by atoms with Crippen LogP contribution in [0.4, 0.5) is 4.79 Å². The van der Waals surface area contributed by atoms with Crippen molar-refractivity contribution < 1.29 is 14.3 Å². The first-order valence-electron chi connectivity index (χ1n) is 8.59. The van der Waals surface area contributed by atoms with Crippen LogP contribution in [0.3, 0.4) is 0 Å². The number of benzene rings is 2. The van der Waals surface area contributed by atoms with E-state index in [0.717, 1.165) is 10.9 Å². The lowest BCUT2D eigenvalue weighted by Gasteiger charge is -2.34. The number of fused-ring (bicyclic) bond motifs is 1. The molecule has 0 spiro atoms. The fraction of sp³-hybridized carbons (Fsp3) is 0.200. The van der Waals surface area contributed by atoms with Gasteiger partial charge in [-0.2, -0.15) is 0 Å². The molecule has 1 saturated heterocycles. The van der Waals surface area contributed by atoms with Gasteiger partial charge in [0.15, 0.2) is 0 Å². The molecule has 1 N–H and O–H groups in total. The van der Waals surface area contributed by atoms with E-state index < -0.39 is 0 Å². The first-order chi connectivity index (χ1) is 12.7. The standard InChI is InChI=1S/C20H19N3O3/c24-19(15-4-2-1-3-5-15)22-10-12-23(13-11-22)20(25)26-17-6-7-18-16(14-17)8-9-21-18/h1-9,14,21H,10-13H2. The molecule has 0 atom stereocenters. The maximum Gasteiger partial charge on any atom is 0.415 e. The van der Waals surface area contributed by atoms with Gasteiger partial charge in [0.05, 0.1) is 0 Å². The van der Waals surface area contributed by atoms with E-state index in [1.807, 2.05) is 42.6 Å². The number of rotatable bonds is 2. The van der Waals surface area contributed by atoms with Gasteiger partial charge in [0, 0.05) is 48.8 Å². The van der Waals surface area contributed by atoms with Crippen LogP contribution >= 0.6 is 0 Å².